The second-order valence-electron chi connectivity index (χ2n) is 7.24. The quantitative estimate of drug-likeness (QED) is 0.515. The van der Waals surface area contributed by atoms with Gasteiger partial charge in [0, 0.05) is 28.7 Å². The minimum Gasteiger partial charge on any atom is -0.488 e. The van der Waals surface area contributed by atoms with E-state index in [9.17, 15) is 13.6 Å². The van der Waals surface area contributed by atoms with E-state index in [4.69, 9.17) is 16.3 Å². The Balaban J connectivity index is 1.83. The topological polar surface area (TPSA) is 38.3 Å². The molecule has 0 bridgehead atoms. The van der Waals surface area contributed by atoms with E-state index in [0.717, 1.165) is 18.5 Å². The van der Waals surface area contributed by atoms with Gasteiger partial charge in [-0.05, 0) is 62.1 Å². The Bertz CT molecular complexity index is 827. The van der Waals surface area contributed by atoms with Gasteiger partial charge < -0.3 is 14.8 Å². The molecule has 3 nitrogen and oxygen atoms in total. The summed E-state index contributed by atoms with van der Waals surface area (Å²) in [6.45, 7) is 1.55. The third kappa shape index (κ3) is 5.22. The van der Waals surface area contributed by atoms with E-state index in [2.05, 4.69) is 5.32 Å². The van der Waals surface area contributed by atoms with Crippen molar-refractivity contribution >= 4 is 23.1 Å². The van der Waals surface area contributed by atoms with Gasteiger partial charge in [-0.2, -0.15) is 0 Å². The number of carbonyl (C=O) groups is 1. The molecule has 0 radical (unpaired) electrons. The molecule has 0 saturated heterocycles. The maximum atomic E-state index is 14.5. The number of hydrogen-bond donors (Lipinski definition) is 1. The molecule has 0 atom stereocenters. The Kier molecular flexibility index (Phi) is 6.89. The fourth-order valence-corrected chi connectivity index (χ4v) is 3.69. The lowest BCUT2D eigenvalue weighted by molar-refractivity contribution is -0.117. The zero-order valence-electron chi connectivity index (χ0n) is 15.9. The molecular formula is C22H24ClF2NO2. The van der Waals surface area contributed by atoms with Gasteiger partial charge in [0.15, 0.2) is 17.4 Å². The number of Topliss-reactive ketones (excluding diaryl/α,β-unsaturated/α-hetero) is 1. The number of carbonyl (C=O) groups excluding carboxylic acids is 1. The van der Waals surface area contributed by atoms with Crippen molar-refractivity contribution in [1.82, 2.24) is 0 Å². The number of halogens is 3. The number of benzene rings is 2. The Hall–Kier alpha value is -2.14. The SMILES string of the molecule is CC(=O)CCCOc1c(F)cc(-c2cc(Cl)ccc2NC2CCCC2)cc1F. The minimum absolute atomic E-state index is 0.0168. The zero-order valence-corrected chi connectivity index (χ0v) is 16.6. The van der Waals surface area contributed by atoms with Crippen molar-refractivity contribution < 1.29 is 18.3 Å². The molecule has 2 aromatic rings. The Morgan fingerprint density at radius 1 is 1.18 bits per heavy atom. The zero-order chi connectivity index (χ0) is 20.1. The summed E-state index contributed by atoms with van der Waals surface area (Å²) in [5.41, 5.74) is 1.86. The first kappa shape index (κ1) is 20.6. The summed E-state index contributed by atoms with van der Waals surface area (Å²) < 4.78 is 34.3. The Morgan fingerprint density at radius 3 is 2.50 bits per heavy atom. The second-order valence-corrected chi connectivity index (χ2v) is 7.68. The first-order valence-electron chi connectivity index (χ1n) is 9.62. The summed E-state index contributed by atoms with van der Waals surface area (Å²) in [6, 6.07) is 8.20. The highest BCUT2D eigenvalue weighted by molar-refractivity contribution is 6.31. The molecule has 3 rings (SSSR count). The van der Waals surface area contributed by atoms with Crippen LogP contribution in [0.5, 0.6) is 5.75 Å². The molecule has 0 aromatic heterocycles. The van der Waals surface area contributed by atoms with Crippen LogP contribution in [-0.2, 0) is 4.79 Å². The van der Waals surface area contributed by atoms with Crippen LogP contribution >= 0.6 is 11.6 Å². The Morgan fingerprint density at radius 2 is 1.86 bits per heavy atom. The van der Waals surface area contributed by atoms with Gasteiger partial charge in [0.25, 0.3) is 0 Å². The first-order valence-corrected chi connectivity index (χ1v) is 9.99. The van der Waals surface area contributed by atoms with Crippen molar-refractivity contribution in [3.8, 4) is 16.9 Å². The van der Waals surface area contributed by atoms with Crippen molar-refractivity contribution in [1.29, 1.82) is 0 Å². The highest BCUT2D eigenvalue weighted by atomic mass is 35.5. The van der Waals surface area contributed by atoms with Crippen LogP contribution in [0.2, 0.25) is 5.02 Å². The molecule has 28 heavy (non-hydrogen) atoms. The molecular weight excluding hydrogens is 384 g/mol. The van der Waals surface area contributed by atoms with Crippen molar-refractivity contribution in [2.24, 2.45) is 0 Å². The maximum absolute atomic E-state index is 14.5. The average Bonchev–Trinajstić information content (AvgIpc) is 3.14. The van der Waals surface area contributed by atoms with Gasteiger partial charge in [-0.3, -0.25) is 0 Å². The lowest BCUT2D eigenvalue weighted by Gasteiger charge is -2.18. The normalized spacial score (nSPS) is 14.3. The third-order valence-corrected chi connectivity index (χ3v) is 5.16. The number of anilines is 1. The van der Waals surface area contributed by atoms with E-state index in [1.807, 2.05) is 6.07 Å². The monoisotopic (exact) mass is 407 g/mol. The summed E-state index contributed by atoms with van der Waals surface area (Å²) in [7, 11) is 0. The molecule has 1 saturated carbocycles. The molecule has 0 spiro atoms. The van der Waals surface area contributed by atoms with Crippen LogP contribution in [0.4, 0.5) is 14.5 Å². The van der Waals surface area contributed by atoms with Crippen LogP contribution in [0.15, 0.2) is 30.3 Å². The molecule has 6 heteroatoms. The fourth-order valence-electron chi connectivity index (χ4n) is 3.52. The highest BCUT2D eigenvalue weighted by Crippen LogP contribution is 2.36. The van der Waals surface area contributed by atoms with E-state index >= 15 is 0 Å². The molecule has 0 unspecified atom stereocenters. The van der Waals surface area contributed by atoms with Crippen LogP contribution < -0.4 is 10.1 Å². The van der Waals surface area contributed by atoms with Crippen LogP contribution in [0, 0.1) is 11.6 Å². The van der Waals surface area contributed by atoms with E-state index in [1.54, 1.807) is 12.1 Å². The summed E-state index contributed by atoms with van der Waals surface area (Å²) in [4.78, 5) is 11.0. The number of ether oxygens (including phenoxy) is 1. The molecule has 1 fully saturated rings. The molecule has 1 N–H and O–H groups in total. The average molecular weight is 408 g/mol. The molecule has 150 valence electrons. The number of rotatable bonds is 8. The number of nitrogens with one attached hydrogen (secondary N) is 1. The summed E-state index contributed by atoms with van der Waals surface area (Å²) in [5, 5.41) is 3.97. The van der Waals surface area contributed by atoms with Gasteiger partial charge in [-0.25, -0.2) is 8.78 Å². The van der Waals surface area contributed by atoms with Crippen LogP contribution in [0.1, 0.15) is 45.4 Å². The van der Waals surface area contributed by atoms with Gasteiger partial charge in [0.2, 0.25) is 0 Å². The van der Waals surface area contributed by atoms with Crippen LogP contribution in [-0.4, -0.2) is 18.4 Å². The lowest BCUT2D eigenvalue weighted by Crippen LogP contribution is -2.15. The Labute approximate surface area is 169 Å². The third-order valence-electron chi connectivity index (χ3n) is 4.93. The maximum Gasteiger partial charge on any atom is 0.190 e. The van der Waals surface area contributed by atoms with Crippen LogP contribution in [0.3, 0.4) is 0 Å². The highest BCUT2D eigenvalue weighted by Gasteiger charge is 2.19. The predicted molar refractivity (Wildman–Crippen MR) is 108 cm³/mol. The van der Waals surface area contributed by atoms with Crippen molar-refractivity contribution in [3.05, 3.63) is 47.0 Å². The van der Waals surface area contributed by atoms with E-state index in [0.29, 0.717) is 35.0 Å². The van der Waals surface area contributed by atoms with Gasteiger partial charge in [-0.1, -0.05) is 24.4 Å². The van der Waals surface area contributed by atoms with Crippen LogP contribution in [0.25, 0.3) is 11.1 Å². The molecule has 1 aliphatic rings. The molecule has 1 aliphatic carbocycles. The smallest absolute Gasteiger partial charge is 0.190 e. The standard InChI is InChI=1S/C22H24ClF2NO2/c1-14(27)5-4-10-28-22-19(24)11-15(12-20(22)25)18-13-16(23)8-9-21(18)26-17-6-2-3-7-17/h8-9,11-13,17,26H,2-7,10H2,1H3. The van der Waals surface area contributed by atoms with E-state index in [1.165, 1.54) is 31.9 Å². The fraction of sp³-hybridized carbons (Fsp3) is 0.409. The van der Waals surface area contributed by atoms with Gasteiger partial charge in [0.05, 0.1) is 6.61 Å². The van der Waals surface area contributed by atoms with Gasteiger partial charge in [-0.15, -0.1) is 0 Å². The number of ketones is 1. The van der Waals surface area contributed by atoms with Crippen molar-refractivity contribution in [2.45, 2.75) is 51.5 Å². The minimum atomic E-state index is -0.774. The summed E-state index contributed by atoms with van der Waals surface area (Å²) >= 11 is 6.14. The second kappa shape index (κ2) is 9.37. The van der Waals surface area contributed by atoms with Gasteiger partial charge in [0.1, 0.15) is 5.78 Å². The van der Waals surface area contributed by atoms with Gasteiger partial charge >= 0.3 is 0 Å². The molecule has 2 aromatic carbocycles. The van der Waals surface area contributed by atoms with Crippen molar-refractivity contribution in [3.63, 3.8) is 0 Å². The van der Waals surface area contributed by atoms with E-state index < -0.39 is 17.4 Å². The summed E-state index contributed by atoms with van der Waals surface area (Å²) in [6.07, 6.45) is 5.26. The van der Waals surface area contributed by atoms with Crippen molar-refractivity contribution in [2.75, 3.05) is 11.9 Å². The predicted octanol–water partition coefficient (Wildman–Crippen LogP) is 6.39. The molecule has 0 amide bonds. The molecule has 0 heterocycles. The largest absolute Gasteiger partial charge is 0.488 e. The van der Waals surface area contributed by atoms with E-state index in [-0.39, 0.29) is 12.4 Å². The lowest BCUT2D eigenvalue weighted by atomic mass is 10.0. The number of hydrogen-bond acceptors (Lipinski definition) is 3. The molecule has 0 aliphatic heterocycles. The first-order chi connectivity index (χ1) is 13.4. The summed E-state index contributed by atoms with van der Waals surface area (Å²) in [5.74, 6) is -1.95.